The SMILES string of the molecule is COc1ccc(-c2nc(N(CCC(=O)Nc3ccc(F)cc3)Cc3ccco3)c3ccccc3n2)cc1. The zero-order valence-electron chi connectivity index (χ0n) is 20.2. The fourth-order valence-corrected chi connectivity index (χ4v) is 4.01. The second-order valence-electron chi connectivity index (χ2n) is 8.42. The van der Waals surface area contributed by atoms with Crippen LogP contribution >= 0.6 is 0 Å². The number of benzene rings is 3. The van der Waals surface area contributed by atoms with Crippen LogP contribution in [0.15, 0.2) is 95.6 Å². The van der Waals surface area contributed by atoms with Gasteiger partial charge in [-0.05, 0) is 72.8 Å². The Bertz CT molecular complexity index is 1490. The summed E-state index contributed by atoms with van der Waals surface area (Å²) in [5.74, 6) is 2.21. The number of furan rings is 1. The molecule has 0 atom stereocenters. The molecule has 1 N–H and O–H groups in total. The molecule has 0 fully saturated rings. The van der Waals surface area contributed by atoms with Crippen molar-refractivity contribution in [1.29, 1.82) is 0 Å². The summed E-state index contributed by atoms with van der Waals surface area (Å²) in [7, 11) is 1.62. The summed E-state index contributed by atoms with van der Waals surface area (Å²) < 4.78 is 24.1. The molecule has 0 aliphatic heterocycles. The van der Waals surface area contributed by atoms with Crippen LogP contribution in [0.2, 0.25) is 0 Å². The average molecular weight is 497 g/mol. The fourth-order valence-electron chi connectivity index (χ4n) is 4.01. The third-order valence-corrected chi connectivity index (χ3v) is 5.89. The smallest absolute Gasteiger partial charge is 0.226 e. The van der Waals surface area contributed by atoms with E-state index in [2.05, 4.69) is 5.32 Å². The van der Waals surface area contributed by atoms with Crippen LogP contribution < -0.4 is 15.0 Å². The highest BCUT2D eigenvalue weighted by atomic mass is 19.1. The quantitative estimate of drug-likeness (QED) is 0.267. The minimum Gasteiger partial charge on any atom is -0.497 e. The molecule has 2 aromatic heterocycles. The molecule has 0 radical (unpaired) electrons. The molecule has 186 valence electrons. The van der Waals surface area contributed by atoms with E-state index >= 15 is 0 Å². The summed E-state index contributed by atoms with van der Waals surface area (Å²) in [6.07, 6.45) is 1.81. The predicted molar refractivity (Wildman–Crippen MR) is 141 cm³/mol. The highest BCUT2D eigenvalue weighted by Crippen LogP contribution is 2.29. The van der Waals surface area contributed by atoms with Crippen molar-refractivity contribution in [3.63, 3.8) is 0 Å². The lowest BCUT2D eigenvalue weighted by atomic mass is 10.1. The van der Waals surface area contributed by atoms with Gasteiger partial charge in [0.15, 0.2) is 5.82 Å². The third-order valence-electron chi connectivity index (χ3n) is 5.89. The number of carbonyl (C=O) groups is 1. The van der Waals surface area contributed by atoms with Crippen LogP contribution in [-0.2, 0) is 11.3 Å². The molecule has 8 heteroatoms. The summed E-state index contributed by atoms with van der Waals surface area (Å²) >= 11 is 0. The Morgan fingerprint density at radius 2 is 1.76 bits per heavy atom. The monoisotopic (exact) mass is 496 g/mol. The first-order valence-corrected chi connectivity index (χ1v) is 11.8. The lowest BCUT2D eigenvalue weighted by molar-refractivity contribution is -0.116. The van der Waals surface area contributed by atoms with Gasteiger partial charge in [-0.1, -0.05) is 12.1 Å². The van der Waals surface area contributed by atoms with Crippen molar-refractivity contribution in [3.05, 3.63) is 103 Å². The van der Waals surface area contributed by atoms with E-state index in [0.29, 0.717) is 30.4 Å². The van der Waals surface area contributed by atoms with Crippen LogP contribution in [0, 0.1) is 5.82 Å². The van der Waals surface area contributed by atoms with Gasteiger partial charge in [-0.25, -0.2) is 14.4 Å². The molecule has 0 aliphatic rings. The zero-order valence-corrected chi connectivity index (χ0v) is 20.2. The molecule has 0 saturated heterocycles. The molecule has 1 amide bonds. The highest BCUT2D eigenvalue weighted by Gasteiger charge is 2.18. The topological polar surface area (TPSA) is 80.5 Å². The Kier molecular flexibility index (Phi) is 7.07. The van der Waals surface area contributed by atoms with Gasteiger partial charge in [0.25, 0.3) is 0 Å². The maximum atomic E-state index is 13.2. The Morgan fingerprint density at radius 1 is 0.973 bits per heavy atom. The van der Waals surface area contributed by atoms with E-state index in [1.807, 2.05) is 65.6 Å². The zero-order chi connectivity index (χ0) is 25.6. The number of amides is 1. The molecular formula is C29H25FN4O3. The van der Waals surface area contributed by atoms with Crippen molar-refractivity contribution < 1.29 is 18.3 Å². The number of fused-ring (bicyclic) bond motifs is 1. The van der Waals surface area contributed by atoms with E-state index < -0.39 is 0 Å². The molecular weight excluding hydrogens is 471 g/mol. The van der Waals surface area contributed by atoms with Gasteiger partial charge in [0.1, 0.15) is 23.1 Å². The normalized spacial score (nSPS) is 10.9. The number of carbonyl (C=O) groups excluding carboxylic acids is 1. The van der Waals surface area contributed by atoms with E-state index in [4.69, 9.17) is 19.1 Å². The van der Waals surface area contributed by atoms with Crippen LogP contribution in [0.5, 0.6) is 5.75 Å². The van der Waals surface area contributed by atoms with Gasteiger partial charge in [0.2, 0.25) is 5.91 Å². The predicted octanol–water partition coefficient (Wildman–Crippen LogP) is 6.07. The minimum absolute atomic E-state index is 0.189. The summed E-state index contributed by atoms with van der Waals surface area (Å²) in [5, 5.41) is 3.69. The summed E-state index contributed by atoms with van der Waals surface area (Å²) in [5.41, 5.74) is 2.18. The van der Waals surface area contributed by atoms with E-state index in [9.17, 15) is 9.18 Å². The number of hydrogen-bond donors (Lipinski definition) is 1. The van der Waals surface area contributed by atoms with Crippen molar-refractivity contribution in [2.45, 2.75) is 13.0 Å². The van der Waals surface area contributed by atoms with Crippen LogP contribution in [0.3, 0.4) is 0 Å². The number of nitrogens with one attached hydrogen (secondary N) is 1. The number of aromatic nitrogens is 2. The summed E-state index contributed by atoms with van der Waals surface area (Å²) in [6, 6.07) is 24.8. The van der Waals surface area contributed by atoms with Crippen LogP contribution in [0.4, 0.5) is 15.9 Å². The van der Waals surface area contributed by atoms with Crippen molar-refractivity contribution in [2.75, 3.05) is 23.9 Å². The van der Waals surface area contributed by atoms with Gasteiger partial charge in [-0.2, -0.15) is 0 Å². The Hall–Kier alpha value is -4.72. The number of methoxy groups -OCH3 is 1. The minimum atomic E-state index is -0.356. The highest BCUT2D eigenvalue weighted by molar-refractivity contribution is 5.93. The fraction of sp³-hybridized carbons (Fsp3) is 0.138. The molecule has 7 nitrogen and oxygen atoms in total. The standard InChI is InChI=1S/C29H25FN4O3/c1-36-23-14-8-20(9-15-23)28-32-26-7-3-2-6-25(26)29(33-28)34(19-24-5-4-18-37-24)17-16-27(35)31-22-12-10-21(30)11-13-22/h2-15,18H,16-17,19H2,1H3,(H,31,35). The largest absolute Gasteiger partial charge is 0.497 e. The maximum absolute atomic E-state index is 13.2. The van der Waals surface area contributed by atoms with E-state index in [1.54, 1.807) is 13.4 Å². The van der Waals surface area contributed by atoms with Crippen molar-refractivity contribution in [3.8, 4) is 17.1 Å². The van der Waals surface area contributed by atoms with E-state index in [0.717, 1.165) is 28.0 Å². The van der Waals surface area contributed by atoms with Gasteiger partial charge < -0.3 is 19.4 Å². The molecule has 0 spiro atoms. The molecule has 2 heterocycles. The number of para-hydroxylation sites is 1. The molecule has 0 unspecified atom stereocenters. The molecule has 0 saturated carbocycles. The lowest BCUT2D eigenvalue weighted by Crippen LogP contribution is -2.28. The van der Waals surface area contributed by atoms with Crippen LogP contribution in [0.1, 0.15) is 12.2 Å². The maximum Gasteiger partial charge on any atom is 0.226 e. The van der Waals surface area contributed by atoms with Crippen LogP contribution in [0.25, 0.3) is 22.3 Å². The van der Waals surface area contributed by atoms with E-state index in [-0.39, 0.29) is 18.1 Å². The van der Waals surface area contributed by atoms with Gasteiger partial charge in [0.05, 0.1) is 25.4 Å². The first kappa shape index (κ1) is 24.0. The number of hydrogen-bond acceptors (Lipinski definition) is 6. The number of nitrogens with zero attached hydrogens (tertiary/aromatic N) is 3. The summed E-state index contributed by atoms with van der Waals surface area (Å²) in [4.78, 5) is 24.5. The lowest BCUT2D eigenvalue weighted by Gasteiger charge is -2.24. The molecule has 3 aromatic carbocycles. The van der Waals surface area contributed by atoms with Gasteiger partial charge in [0, 0.05) is 29.6 Å². The third kappa shape index (κ3) is 5.75. The van der Waals surface area contributed by atoms with Crippen molar-refractivity contribution >= 4 is 28.3 Å². The molecule has 5 rings (SSSR count). The number of anilines is 2. The number of rotatable bonds is 9. The molecule has 0 bridgehead atoms. The second kappa shape index (κ2) is 10.9. The number of halogens is 1. The van der Waals surface area contributed by atoms with Gasteiger partial charge >= 0.3 is 0 Å². The Morgan fingerprint density at radius 3 is 2.49 bits per heavy atom. The van der Waals surface area contributed by atoms with Crippen molar-refractivity contribution in [2.24, 2.45) is 0 Å². The number of ether oxygens (including phenoxy) is 1. The Labute approximate surface area is 213 Å². The molecule has 37 heavy (non-hydrogen) atoms. The second-order valence-corrected chi connectivity index (χ2v) is 8.42. The van der Waals surface area contributed by atoms with Crippen molar-refractivity contribution in [1.82, 2.24) is 9.97 Å². The first-order valence-electron chi connectivity index (χ1n) is 11.8. The van der Waals surface area contributed by atoms with Gasteiger partial charge in [-0.3, -0.25) is 4.79 Å². The molecule has 5 aromatic rings. The summed E-state index contributed by atoms with van der Waals surface area (Å²) in [6.45, 7) is 0.788. The van der Waals surface area contributed by atoms with Crippen LogP contribution in [-0.4, -0.2) is 29.5 Å². The molecule has 0 aliphatic carbocycles. The average Bonchev–Trinajstić information content (AvgIpc) is 3.45. The first-order chi connectivity index (χ1) is 18.1. The van der Waals surface area contributed by atoms with Gasteiger partial charge in [-0.15, -0.1) is 0 Å². The Balaban J connectivity index is 1.47. The van der Waals surface area contributed by atoms with E-state index in [1.165, 1.54) is 24.3 Å².